The molecule has 2 heterocycles. The van der Waals surface area contributed by atoms with Crippen LogP contribution in [0.3, 0.4) is 0 Å². The molecule has 0 saturated heterocycles. The van der Waals surface area contributed by atoms with Gasteiger partial charge in [-0.1, -0.05) is 12.1 Å². The van der Waals surface area contributed by atoms with Crippen LogP contribution in [0.2, 0.25) is 0 Å². The van der Waals surface area contributed by atoms with Crippen molar-refractivity contribution >= 4 is 11.7 Å². The highest BCUT2D eigenvalue weighted by molar-refractivity contribution is 5.94. The molecule has 0 aliphatic heterocycles. The second-order valence-corrected chi connectivity index (χ2v) is 4.92. The van der Waals surface area contributed by atoms with E-state index in [0.29, 0.717) is 17.8 Å². The Morgan fingerprint density at radius 3 is 2.76 bits per heavy atom. The third-order valence-corrected chi connectivity index (χ3v) is 2.88. The van der Waals surface area contributed by atoms with Crippen molar-refractivity contribution in [3.05, 3.63) is 40.9 Å². The van der Waals surface area contributed by atoms with Crippen LogP contribution in [0.4, 0.5) is 5.82 Å². The lowest BCUT2D eigenvalue weighted by atomic mass is 10.2. The highest BCUT2D eigenvalue weighted by Gasteiger charge is 2.09. The lowest BCUT2D eigenvalue weighted by Gasteiger charge is -2.08. The van der Waals surface area contributed by atoms with E-state index < -0.39 is 0 Å². The van der Waals surface area contributed by atoms with E-state index in [1.165, 1.54) is 0 Å². The van der Waals surface area contributed by atoms with Gasteiger partial charge in [-0.3, -0.25) is 4.79 Å². The molecule has 0 spiro atoms. The number of aromatic nitrogens is 2. The average Bonchev–Trinajstić information content (AvgIpc) is 2.87. The van der Waals surface area contributed by atoms with E-state index in [-0.39, 0.29) is 5.91 Å². The standard InChI is InChI=1S/C15H20N4O2/c1-4-5-16-14-8-12(6-10(2)18-14)15(20)17-9-13-7-11(3)21-19-13/h6-8H,4-5,9H2,1-3H3,(H,16,18)(H,17,20). The van der Waals surface area contributed by atoms with Crippen molar-refractivity contribution in [3.8, 4) is 0 Å². The summed E-state index contributed by atoms with van der Waals surface area (Å²) in [5, 5.41) is 9.85. The number of amides is 1. The summed E-state index contributed by atoms with van der Waals surface area (Å²) < 4.78 is 4.96. The van der Waals surface area contributed by atoms with E-state index in [0.717, 1.165) is 30.2 Å². The molecule has 112 valence electrons. The summed E-state index contributed by atoms with van der Waals surface area (Å²) in [4.78, 5) is 16.5. The summed E-state index contributed by atoms with van der Waals surface area (Å²) in [7, 11) is 0. The van der Waals surface area contributed by atoms with Crippen molar-refractivity contribution in [2.75, 3.05) is 11.9 Å². The highest BCUT2D eigenvalue weighted by atomic mass is 16.5. The Labute approximate surface area is 123 Å². The monoisotopic (exact) mass is 288 g/mol. The van der Waals surface area contributed by atoms with Crippen molar-refractivity contribution in [1.82, 2.24) is 15.5 Å². The van der Waals surface area contributed by atoms with Gasteiger partial charge in [0.15, 0.2) is 0 Å². The van der Waals surface area contributed by atoms with Crippen molar-refractivity contribution in [1.29, 1.82) is 0 Å². The van der Waals surface area contributed by atoms with Crippen LogP contribution in [0.25, 0.3) is 0 Å². The summed E-state index contributed by atoms with van der Waals surface area (Å²) in [6.07, 6.45) is 1.00. The summed E-state index contributed by atoms with van der Waals surface area (Å²) in [5.41, 5.74) is 2.09. The van der Waals surface area contributed by atoms with E-state index in [9.17, 15) is 4.79 Å². The molecule has 0 radical (unpaired) electrons. The van der Waals surface area contributed by atoms with Gasteiger partial charge < -0.3 is 15.2 Å². The summed E-state index contributed by atoms with van der Waals surface area (Å²) >= 11 is 0. The quantitative estimate of drug-likeness (QED) is 0.853. The largest absolute Gasteiger partial charge is 0.370 e. The fourth-order valence-electron chi connectivity index (χ4n) is 1.92. The number of hydrogen-bond acceptors (Lipinski definition) is 5. The second-order valence-electron chi connectivity index (χ2n) is 4.92. The first-order valence-electron chi connectivity index (χ1n) is 7.01. The molecular weight excluding hydrogens is 268 g/mol. The minimum atomic E-state index is -0.152. The van der Waals surface area contributed by atoms with Gasteiger partial charge in [0.1, 0.15) is 17.3 Å². The van der Waals surface area contributed by atoms with Crippen LogP contribution in [0.1, 0.15) is 40.9 Å². The molecule has 0 aromatic carbocycles. The van der Waals surface area contributed by atoms with Gasteiger partial charge in [0.05, 0.1) is 6.54 Å². The molecule has 0 aliphatic carbocycles. The Bertz CT molecular complexity index is 622. The van der Waals surface area contributed by atoms with Gasteiger partial charge in [0, 0.05) is 23.9 Å². The molecule has 2 N–H and O–H groups in total. The Morgan fingerprint density at radius 1 is 1.29 bits per heavy atom. The Balaban J connectivity index is 2.02. The van der Waals surface area contributed by atoms with Crippen LogP contribution in [0.5, 0.6) is 0 Å². The molecule has 2 aromatic rings. The molecule has 21 heavy (non-hydrogen) atoms. The fourth-order valence-corrected chi connectivity index (χ4v) is 1.92. The van der Waals surface area contributed by atoms with Gasteiger partial charge in [-0.2, -0.15) is 0 Å². The van der Waals surface area contributed by atoms with E-state index in [2.05, 4.69) is 27.7 Å². The van der Waals surface area contributed by atoms with Crippen molar-refractivity contribution in [2.45, 2.75) is 33.7 Å². The number of nitrogens with zero attached hydrogens (tertiary/aromatic N) is 2. The maximum atomic E-state index is 12.2. The molecule has 2 aromatic heterocycles. The molecule has 0 atom stereocenters. The number of carbonyl (C=O) groups is 1. The minimum Gasteiger partial charge on any atom is -0.370 e. The molecule has 2 rings (SSSR count). The third kappa shape index (κ3) is 4.30. The number of nitrogens with one attached hydrogen (secondary N) is 2. The van der Waals surface area contributed by atoms with Gasteiger partial charge in [-0.25, -0.2) is 4.98 Å². The Hall–Kier alpha value is -2.37. The Morgan fingerprint density at radius 2 is 2.10 bits per heavy atom. The van der Waals surface area contributed by atoms with E-state index in [1.807, 2.05) is 13.8 Å². The molecule has 0 saturated carbocycles. The first kappa shape index (κ1) is 15.0. The van der Waals surface area contributed by atoms with Gasteiger partial charge in [-0.05, 0) is 32.4 Å². The van der Waals surface area contributed by atoms with Crippen LogP contribution in [0.15, 0.2) is 22.7 Å². The fraction of sp³-hybridized carbons (Fsp3) is 0.400. The minimum absolute atomic E-state index is 0.152. The smallest absolute Gasteiger partial charge is 0.251 e. The SMILES string of the molecule is CCCNc1cc(C(=O)NCc2cc(C)on2)cc(C)n1. The van der Waals surface area contributed by atoms with Gasteiger partial charge in [0.25, 0.3) is 5.91 Å². The van der Waals surface area contributed by atoms with Crippen LogP contribution >= 0.6 is 0 Å². The normalized spacial score (nSPS) is 10.4. The predicted molar refractivity (Wildman–Crippen MR) is 80.2 cm³/mol. The zero-order chi connectivity index (χ0) is 15.2. The predicted octanol–water partition coefficient (Wildman–Crippen LogP) is 2.44. The van der Waals surface area contributed by atoms with Crippen LogP contribution in [-0.4, -0.2) is 22.6 Å². The number of carbonyl (C=O) groups excluding carboxylic acids is 1. The second kappa shape index (κ2) is 6.88. The molecule has 6 nitrogen and oxygen atoms in total. The van der Waals surface area contributed by atoms with E-state index in [4.69, 9.17) is 4.52 Å². The summed E-state index contributed by atoms with van der Waals surface area (Å²) in [6.45, 7) is 6.94. The number of rotatable bonds is 6. The number of anilines is 1. The summed E-state index contributed by atoms with van der Waals surface area (Å²) in [5.74, 6) is 1.30. The molecule has 0 fully saturated rings. The molecule has 0 bridgehead atoms. The maximum absolute atomic E-state index is 12.2. The van der Waals surface area contributed by atoms with E-state index in [1.54, 1.807) is 18.2 Å². The lowest BCUT2D eigenvalue weighted by Crippen LogP contribution is -2.23. The first-order valence-corrected chi connectivity index (χ1v) is 7.01. The average molecular weight is 288 g/mol. The van der Waals surface area contributed by atoms with Crippen LogP contribution < -0.4 is 10.6 Å². The van der Waals surface area contributed by atoms with Crippen molar-refractivity contribution in [2.24, 2.45) is 0 Å². The zero-order valence-electron chi connectivity index (χ0n) is 12.6. The maximum Gasteiger partial charge on any atom is 0.251 e. The number of hydrogen-bond donors (Lipinski definition) is 2. The van der Waals surface area contributed by atoms with E-state index >= 15 is 0 Å². The molecule has 0 aliphatic rings. The van der Waals surface area contributed by atoms with Crippen LogP contribution in [0, 0.1) is 13.8 Å². The highest BCUT2D eigenvalue weighted by Crippen LogP contribution is 2.11. The van der Waals surface area contributed by atoms with Gasteiger partial charge in [0.2, 0.25) is 0 Å². The molecule has 0 unspecified atom stereocenters. The van der Waals surface area contributed by atoms with Crippen molar-refractivity contribution in [3.63, 3.8) is 0 Å². The lowest BCUT2D eigenvalue weighted by molar-refractivity contribution is 0.0950. The zero-order valence-corrected chi connectivity index (χ0v) is 12.6. The van der Waals surface area contributed by atoms with Crippen LogP contribution in [-0.2, 0) is 6.54 Å². The topological polar surface area (TPSA) is 80.0 Å². The van der Waals surface area contributed by atoms with Gasteiger partial charge >= 0.3 is 0 Å². The Kier molecular flexibility index (Phi) is 4.92. The van der Waals surface area contributed by atoms with Gasteiger partial charge in [-0.15, -0.1) is 0 Å². The molecule has 1 amide bonds. The molecular formula is C15H20N4O2. The summed E-state index contributed by atoms with van der Waals surface area (Å²) in [6, 6.07) is 5.32. The third-order valence-electron chi connectivity index (χ3n) is 2.88. The molecule has 6 heteroatoms. The first-order chi connectivity index (χ1) is 10.1. The number of aryl methyl sites for hydroxylation is 2. The van der Waals surface area contributed by atoms with Crippen molar-refractivity contribution < 1.29 is 9.32 Å². The number of pyridine rings is 1.